The Labute approximate surface area is 279 Å². The van der Waals surface area contributed by atoms with Crippen LogP contribution in [0.15, 0.2) is 30.3 Å². The van der Waals surface area contributed by atoms with E-state index >= 15 is 0 Å². The Bertz CT molecular complexity index is 1130. The summed E-state index contributed by atoms with van der Waals surface area (Å²) in [5, 5.41) is 3.66. The minimum absolute atomic E-state index is 0.000299. The van der Waals surface area contributed by atoms with E-state index in [9.17, 15) is 9.59 Å². The fourth-order valence-electron chi connectivity index (χ4n) is 11.0. The molecule has 4 aliphatic carbocycles. The van der Waals surface area contributed by atoms with Crippen molar-refractivity contribution in [1.29, 1.82) is 0 Å². The van der Waals surface area contributed by atoms with Crippen molar-refractivity contribution in [3.05, 3.63) is 35.9 Å². The van der Waals surface area contributed by atoms with Crippen molar-refractivity contribution < 1.29 is 19.1 Å². The summed E-state index contributed by atoms with van der Waals surface area (Å²) in [5.74, 6) is 3.31. The van der Waals surface area contributed by atoms with Gasteiger partial charge >= 0.3 is 11.9 Å². The second-order valence-electron chi connectivity index (χ2n) is 16.1. The minimum atomic E-state index is -0.0747. The van der Waals surface area contributed by atoms with E-state index in [1.54, 1.807) is 0 Å². The number of hydrogen-bond acceptors (Lipinski definition) is 6. The van der Waals surface area contributed by atoms with Crippen LogP contribution in [-0.4, -0.2) is 37.2 Å². The molecule has 10 atom stereocenters. The highest BCUT2D eigenvalue weighted by atomic mass is 16.5. The molecule has 0 spiro atoms. The van der Waals surface area contributed by atoms with E-state index in [1.165, 1.54) is 44.1 Å². The van der Waals surface area contributed by atoms with Crippen molar-refractivity contribution in [2.75, 3.05) is 13.1 Å². The molecule has 0 aromatic heterocycles. The van der Waals surface area contributed by atoms with Crippen LogP contribution in [0.2, 0.25) is 0 Å². The lowest BCUT2D eigenvalue weighted by Gasteiger charge is -2.62. The summed E-state index contributed by atoms with van der Waals surface area (Å²) in [4.78, 5) is 25.7. The molecule has 0 heterocycles. The summed E-state index contributed by atoms with van der Waals surface area (Å²) < 4.78 is 12.5. The normalized spacial score (nSPS) is 35.8. The van der Waals surface area contributed by atoms with Crippen molar-refractivity contribution >= 4 is 11.9 Å². The zero-order valence-corrected chi connectivity index (χ0v) is 29.4. The molecule has 4 aliphatic rings. The number of fused-ring (bicyclic) bond motifs is 5. The van der Waals surface area contributed by atoms with Gasteiger partial charge in [-0.05, 0) is 136 Å². The summed E-state index contributed by atoms with van der Waals surface area (Å²) in [6, 6.07) is 10.7. The zero-order chi connectivity index (χ0) is 32.7. The average molecular weight is 637 g/mol. The maximum atomic E-state index is 13.1. The lowest BCUT2D eigenvalue weighted by atomic mass is 9.43. The van der Waals surface area contributed by atoms with Crippen molar-refractivity contribution in [2.45, 2.75) is 143 Å². The molecular formula is C40H64N2O4. The standard InChI is InChI=1S/C40H64N2O4/c1-5-6-15-36(43)45-31-19-21-39(3)30(25-31)26-35(46-37(44)16-10-23-41)38-33-18-17-32(40(33,4)22-20-34(38)39)28(2)12-11-24-42-27-29-13-8-7-9-14-29/h7-9,13-14,28,30-35,38,42H,5-6,10-12,15-27,41H2,1-4H3/t28-,30?,31-,32?,33?,34+,35-,38?,39?,40?/m1/s1. The number of carbonyl (C=O) groups is 2. The first-order valence-electron chi connectivity index (χ1n) is 19.0. The highest BCUT2D eigenvalue weighted by Gasteiger charge is 2.64. The van der Waals surface area contributed by atoms with Gasteiger partial charge in [-0.2, -0.15) is 0 Å². The van der Waals surface area contributed by atoms with Gasteiger partial charge < -0.3 is 20.5 Å². The predicted octanol–water partition coefficient (Wildman–Crippen LogP) is 8.21. The van der Waals surface area contributed by atoms with Gasteiger partial charge in [0.05, 0.1) is 0 Å². The number of nitrogens with two attached hydrogens (primary N) is 1. The maximum Gasteiger partial charge on any atom is 0.306 e. The lowest BCUT2D eigenvalue weighted by Crippen LogP contribution is -2.59. The first kappa shape index (κ1) is 35.4. The van der Waals surface area contributed by atoms with Crippen LogP contribution in [-0.2, 0) is 25.6 Å². The van der Waals surface area contributed by atoms with E-state index in [0.29, 0.717) is 60.8 Å². The molecule has 1 aromatic carbocycles. The van der Waals surface area contributed by atoms with E-state index in [-0.39, 0.29) is 29.6 Å². The zero-order valence-electron chi connectivity index (χ0n) is 29.4. The highest BCUT2D eigenvalue weighted by molar-refractivity contribution is 5.70. The second kappa shape index (κ2) is 16.0. The number of esters is 2. The van der Waals surface area contributed by atoms with Crippen LogP contribution >= 0.6 is 0 Å². The van der Waals surface area contributed by atoms with E-state index in [0.717, 1.165) is 57.5 Å². The molecular weight excluding hydrogens is 572 g/mol. The third kappa shape index (κ3) is 7.86. The highest BCUT2D eigenvalue weighted by Crippen LogP contribution is 2.69. The Kier molecular flexibility index (Phi) is 12.3. The fraction of sp³-hybridized carbons (Fsp3) is 0.800. The van der Waals surface area contributed by atoms with Gasteiger partial charge in [0, 0.05) is 25.3 Å². The third-order valence-corrected chi connectivity index (χ3v) is 13.5. The van der Waals surface area contributed by atoms with Crippen LogP contribution < -0.4 is 11.1 Å². The van der Waals surface area contributed by atoms with Crippen molar-refractivity contribution in [1.82, 2.24) is 5.32 Å². The van der Waals surface area contributed by atoms with Crippen LogP contribution in [0.1, 0.15) is 130 Å². The quantitative estimate of drug-likeness (QED) is 0.149. The molecule has 4 fully saturated rings. The summed E-state index contributed by atoms with van der Waals surface area (Å²) in [6.45, 7) is 12.3. The Morgan fingerprint density at radius 1 is 0.913 bits per heavy atom. The lowest BCUT2D eigenvalue weighted by molar-refractivity contribution is -0.198. The molecule has 6 heteroatoms. The third-order valence-electron chi connectivity index (χ3n) is 13.5. The SMILES string of the molecule is CCCCC(=O)O[C@@H]1CCC2(C)C(C1)C[C@@H](OC(=O)CCCN)C1C3CCC([C@H](C)CCCNCc4ccccc4)C3(C)CC[C@@H]12. The number of carbonyl (C=O) groups excluding carboxylic acids is 2. The molecule has 6 nitrogen and oxygen atoms in total. The van der Waals surface area contributed by atoms with Gasteiger partial charge in [-0.3, -0.25) is 9.59 Å². The predicted molar refractivity (Wildman–Crippen MR) is 185 cm³/mol. The molecule has 46 heavy (non-hydrogen) atoms. The molecule has 0 aliphatic heterocycles. The number of benzene rings is 1. The monoisotopic (exact) mass is 636 g/mol. The van der Waals surface area contributed by atoms with Gasteiger partial charge in [0.15, 0.2) is 0 Å². The number of ether oxygens (including phenoxy) is 2. The maximum absolute atomic E-state index is 13.1. The Morgan fingerprint density at radius 3 is 2.39 bits per heavy atom. The molecule has 0 radical (unpaired) electrons. The number of unbranched alkanes of at least 4 members (excludes halogenated alkanes) is 1. The summed E-state index contributed by atoms with van der Waals surface area (Å²) >= 11 is 0. The summed E-state index contributed by atoms with van der Waals surface area (Å²) in [7, 11) is 0. The molecule has 0 amide bonds. The number of nitrogens with one attached hydrogen (secondary N) is 1. The van der Waals surface area contributed by atoms with Crippen LogP contribution in [0, 0.1) is 46.3 Å². The summed E-state index contributed by atoms with van der Waals surface area (Å²) in [5.41, 5.74) is 7.63. The first-order valence-corrected chi connectivity index (χ1v) is 19.0. The molecule has 1 aromatic rings. The van der Waals surface area contributed by atoms with E-state index in [4.69, 9.17) is 15.2 Å². The van der Waals surface area contributed by atoms with Gasteiger partial charge in [-0.15, -0.1) is 0 Å². The van der Waals surface area contributed by atoms with E-state index < -0.39 is 0 Å². The van der Waals surface area contributed by atoms with Crippen molar-refractivity contribution in [3.8, 4) is 0 Å². The average Bonchev–Trinajstić information content (AvgIpc) is 3.40. The van der Waals surface area contributed by atoms with Crippen LogP contribution in [0.25, 0.3) is 0 Å². The van der Waals surface area contributed by atoms with Crippen molar-refractivity contribution in [2.24, 2.45) is 52.1 Å². The van der Waals surface area contributed by atoms with Crippen molar-refractivity contribution in [3.63, 3.8) is 0 Å². The van der Waals surface area contributed by atoms with Gasteiger partial charge in [0.2, 0.25) is 0 Å². The van der Waals surface area contributed by atoms with E-state index in [1.807, 2.05) is 0 Å². The van der Waals surface area contributed by atoms with Gasteiger partial charge in [0.1, 0.15) is 12.2 Å². The molecule has 6 unspecified atom stereocenters. The van der Waals surface area contributed by atoms with Gasteiger partial charge in [-0.25, -0.2) is 0 Å². The van der Waals surface area contributed by atoms with Gasteiger partial charge in [-0.1, -0.05) is 64.4 Å². The van der Waals surface area contributed by atoms with E-state index in [2.05, 4.69) is 63.3 Å². The number of rotatable bonds is 15. The molecule has 0 saturated heterocycles. The molecule has 5 rings (SSSR count). The molecule has 3 N–H and O–H groups in total. The Hall–Kier alpha value is -1.92. The summed E-state index contributed by atoms with van der Waals surface area (Å²) in [6.07, 6.45) is 14.9. The van der Waals surface area contributed by atoms with Crippen LogP contribution in [0.3, 0.4) is 0 Å². The van der Waals surface area contributed by atoms with Crippen LogP contribution in [0.5, 0.6) is 0 Å². The minimum Gasteiger partial charge on any atom is -0.462 e. The Morgan fingerprint density at radius 2 is 1.63 bits per heavy atom. The largest absolute Gasteiger partial charge is 0.462 e. The van der Waals surface area contributed by atoms with Crippen LogP contribution in [0.4, 0.5) is 0 Å². The topological polar surface area (TPSA) is 90.7 Å². The van der Waals surface area contributed by atoms with Gasteiger partial charge in [0.25, 0.3) is 0 Å². The number of hydrogen-bond donors (Lipinski definition) is 2. The second-order valence-corrected chi connectivity index (χ2v) is 16.1. The molecule has 4 saturated carbocycles. The fourth-order valence-corrected chi connectivity index (χ4v) is 11.0. The Balaban J connectivity index is 1.26. The molecule has 258 valence electrons. The smallest absolute Gasteiger partial charge is 0.306 e. The first-order chi connectivity index (χ1) is 22.2. The molecule has 0 bridgehead atoms.